The number of benzene rings is 2. The topological polar surface area (TPSA) is 149 Å². The van der Waals surface area contributed by atoms with Gasteiger partial charge in [0.25, 0.3) is 5.56 Å². The number of nitrogens with one attached hydrogen (secondary N) is 1. The van der Waals surface area contributed by atoms with Gasteiger partial charge in [0.05, 0.1) is 11.2 Å². The quantitative estimate of drug-likeness (QED) is 0.447. The Kier molecular flexibility index (Phi) is 5.15. The van der Waals surface area contributed by atoms with E-state index in [0.29, 0.717) is 11.5 Å². The van der Waals surface area contributed by atoms with Crippen LogP contribution in [-0.2, 0) is 6.42 Å². The predicted molar refractivity (Wildman–Crippen MR) is 115 cm³/mol. The summed E-state index contributed by atoms with van der Waals surface area (Å²) in [5.41, 5.74) is 11.7. The van der Waals surface area contributed by atoms with E-state index < -0.39 is 11.4 Å². The molecule has 10 heteroatoms. The fourth-order valence-electron chi connectivity index (χ4n) is 3.27. The zero-order valence-corrected chi connectivity index (χ0v) is 16.2. The third kappa shape index (κ3) is 3.72. The molecular formula is C21H17FN8O. The second-order valence-corrected chi connectivity index (χ2v) is 6.62. The Labute approximate surface area is 175 Å². The Hall–Kier alpha value is -4.52. The summed E-state index contributed by atoms with van der Waals surface area (Å²) in [6.45, 7) is 0.255. The van der Waals surface area contributed by atoms with Crippen LogP contribution in [-0.4, -0.2) is 26.1 Å². The van der Waals surface area contributed by atoms with Crippen molar-refractivity contribution in [3.05, 3.63) is 76.1 Å². The van der Waals surface area contributed by atoms with Crippen LogP contribution in [0.3, 0.4) is 0 Å². The van der Waals surface area contributed by atoms with Crippen molar-refractivity contribution in [2.75, 3.05) is 23.3 Å². The van der Waals surface area contributed by atoms with Gasteiger partial charge in [0, 0.05) is 13.0 Å². The van der Waals surface area contributed by atoms with Crippen molar-refractivity contribution in [2.24, 2.45) is 0 Å². The Balaban J connectivity index is 1.75. The van der Waals surface area contributed by atoms with Gasteiger partial charge in [0.1, 0.15) is 34.5 Å². The van der Waals surface area contributed by atoms with E-state index in [1.807, 2.05) is 12.1 Å². The van der Waals surface area contributed by atoms with Crippen LogP contribution in [0.1, 0.15) is 11.4 Å². The van der Waals surface area contributed by atoms with Crippen LogP contribution in [0.5, 0.6) is 0 Å². The first-order valence-corrected chi connectivity index (χ1v) is 9.32. The molecule has 0 aliphatic rings. The molecule has 0 spiro atoms. The molecule has 0 aliphatic carbocycles. The molecule has 0 amide bonds. The van der Waals surface area contributed by atoms with Crippen LogP contribution in [0.2, 0.25) is 0 Å². The molecule has 0 fully saturated rings. The minimum Gasteiger partial charge on any atom is -0.382 e. The first-order chi connectivity index (χ1) is 15.0. The second-order valence-electron chi connectivity index (χ2n) is 6.62. The van der Waals surface area contributed by atoms with Gasteiger partial charge in [-0.3, -0.25) is 9.36 Å². The highest BCUT2D eigenvalue weighted by molar-refractivity contribution is 5.78. The highest BCUT2D eigenvalue weighted by atomic mass is 19.1. The maximum Gasteiger partial charge on any atom is 0.268 e. The highest BCUT2D eigenvalue weighted by Gasteiger charge is 2.16. The SMILES string of the molecule is N#Cc1c(N)nc(N)nc1NCCc1nc2cccc(F)c2c(=O)n1-c1ccccc1. The Morgan fingerprint density at radius 1 is 1.06 bits per heavy atom. The summed E-state index contributed by atoms with van der Waals surface area (Å²) < 4.78 is 15.7. The van der Waals surface area contributed by atoms with Gasteiger partial charge >= 0.3 is 0 Å². The number of hydrogen-bond acceptors (Lipinski definition) is 8. The lowest BCUT2D eigenvalue weighted by Gasteiger charge is -2.15. The Morgan fingerprint density at radius 3 is 2.58 bits per heavy atom. The van der Waals surface area contributed by atoms with Crippen molar-refractivity contribution in [3.63, 3.8) is 0 Å². The summed E-state index contributed by atoms with van der Waals surface area (Å²) in [4.78, 5) is 25.5. The third-order valence-electron chi connectivity index (χ3n) is 4.64. The van der Waals surface area contributed by atoms with Crippen molar-refractivity contribution in [1.82, 2.24) is 19.5 Å². The number of nitrogens with zero attached hydrogens (tertiary/aromatic N) is 5. The number of hydrogen-bond donors (Lipinski definition) is 3. The summed E-state index contributed by atoms with van der Waals surface area (Å²) in [6, 6.07) is 15.1. The molecule has 0 atom stereocenters. The largest absolute Gasteiger partial charge is 0.382 e. The molecule has 2 aromatic carbocycles. The number of para-hydroxylation sites is 1. The van der Waals surface area contributed by atoms with Crippen molar-refractivity contribution in [3.8, 4) is 11.8 Å². The highest BCUT2D eigenvalue weighted by Crippen LogP contribution is 2.19. The molecular weight excluding hydrogens is 399 g/mol. The van der Waals surface area contributed by atoms with E-state index in [2.05, 4.69) is 20.3 Å². The van der Waals surface area contributed by atoms with E-state index in [-0.39, 0.29) is 47.0 Å². The standard InChI is InChI=1S/C21H17FN8O/c22-14-7-4-8-15-17(14)20(31)30(12-5-2-1-3-6-12)16(27-15)9-10-26-19-13(11-23)18(24)28-21(25)29-19/h1-8H,9-10H2,(H5,24,25,26,28,29). The van der Waals surface area contributed by atoms with E-state index in [1.54, 1.807) is 30.3 Å². The number of anilines is 3. The molecule has 2 aromatic heterocycles. The molecule has 0 radical (unpaired) electrons. The number of aromatic nitrogens is 4. The van der Waals surface area contributed by atoms with Gasteiger partial charge in [-0.25, -0.2) is 9.37 Å². The number of nitrogen functional groups attached to an aromatic ring is 2. The molecule has 4 rings (SSSR count). The Morgan fingerprint density at radius 2 is 1.84 bits per heavy atom. The van der Waals surface area contributed by atoms with Crippen molar-refractivity contribution < 1.29 is 4.39 Å². The second kappa shape index (κ2) is 8.08. The van der Waals surface area contributed by atoms with Gasteiger partial charge in [0.15, 0.2) is 5.82 Å². The minimum absolute atomic E-state index is 0.0296. The maximum atomic E-state index is 14.4. The summed E-state index contributed by atoms with van der Waals surface area (Å²) in [5, 5.41) is 12.2. The number of nitriles is 1. The fourth-order valence-corrected chi connectivity index (χ4v) is 3.27. The van der Waals surface area contributed by atoms with E-state index in [1.165, 1.54) is 16.7 Å². The van der Waals surface area contributed by atoms with Crippen LogP contribution < -0.4 is 22.3 Å². The third-order valence-corrected chi connectivity index (χ3v) is 4.64. The van der Waals surface area contributed by atoms with Gasteiger partial charge in [-0.15, -0.1) is 0 Å². The van der Waals surface area contributed by atoms with Crippen molar-refractivity contribution in [2.45, 2.75) is 6.42 Å². The van der Waals surface area contributed by atoms with Gasteiger partial charge in [-0.1, -0.05) is 24.3 Å². The number of fused-ring (bicyclic) bond motifs is 1. The monoisotopic (exact) mass is 416 g/mol. The summed E-state index contributed by atoms with van der Waals surface area (Å²) in [6.07, 6.45) is 0.269. The summed E-state index contributed by atoms with van der Waals surface area (Å²) in [5.74, 6) is -0.129. The maximum absolute atomic E-state index is 14.4. The van der Waals surface area contributed by atoms with Crippen molar-refractivity contribution >= 4 is 28.5 Å². The molecule has 31 heavy (non-hydrogen) atoms. The zero-order chi connectivity index (χ0) is 22.0. The van der Waals surface area contributed by atoms with Crippen LogP contribution >= 0.6 is 0 Å². The summed E-state index contributed by atoms with van der Waals surface area (Å²) in [7, 11) is 0. The average Bonchev–Trinajstić information content (AvgIpc) is 2.74. The van der Waals surface area contributed by atoms with Crippen LogP contribution in [0.4, 0.5) is 22.0 Å². The van der Waals surface area contributed by atoms with E-state index in [4.69, 9.17) is 11.5 Å². The number of rotatable bonds is 5. The van der Waals surface area contributed by atoms with Gasteiger partial charge in [-0.2, -0.15) is 15.2 Å². The molecule has 0 bridgehead atoms. The lowest BCUT2D eigenvalue weighted by molar-refractivity contribution is 0.636. The van der Waals surface area contributed by atoms with Gasteiger partial charge in [0.2, 0.25) is 5.95 Å². The molecule has 2 heterocycles. The Bertz CT molecular complexity index is 1380. The molecule has 154 valence electrons. The first-order valence-electron chi connectivity index (χ1n) is 9.32. The lowest BCUT2D eigenvalue weighted by atomic mass is 10.2. The van der Waals surface area contributed by atoms with Gasteiger partial charge < -0.3 is 16.8 Å². The van der Waals surface area contributed by atoms with Crippen LogP contribution in [0, 0.1) is 17.1 Å². The number of nitrogens with two attached hydrogens (primary N) is 2. The molecule has 0 saturated carbocycles. The molecule has 9 nitrogen and oxygen atoms in total. The van der Waals surface area contributed by atoms with E-state index in [9.17, 15) is 14.4 Å². The predicted octanol–water partition coefficient (Wildman–Crippen LogP) is 2.01. The molecule has 0 aliphatic heterocycles. The normalized spacial score (nSPS) is 10.7. The lowest BCUT2D eigenvalue weighted by Crippen LogP contribution is -2.26. The number of halogens is 1. The van der Waals surface area contributed by atoms with Crippen LogP contribution in [0.15, 0.2) is 53.3 Å². The first kappa shape index (κ1) is 19.8. The average molecular weight is 416 g/mol. The minimum atomic E-state index is -0.630. The van der Waals surface area contributed by atoms with Crippen molar-refractivity contribution in [1.29, 1.82) is 5.26 Å². The van der Waals surface area contributed by atoms with Crippen LogP contribution in [0.25, 0.3) is 16.6 Å². The smallest absolute Gasteiger partial charge is 0.268 e. The van der Waals surface area contributed by atoms with E-state index >= 15 is 0 Å². The van der Waals surface area contributed by atoms with Gasteiger partial charge in [-0.05, 0) is 24.3 Å². The zero-order valence-electron chi connectivity index (χ0n) is 16.2. The van der Waals surface area contributed by atoms with E-state index in [0.717, 1.165) is 0 Å². The molecule has 0 unspecified atom stereocenters. The molecule has 5 N–H and O–H groups in total. The molecule has 0 saturated heterocycles. The molecule has 4 aromatic rings. The fraction of sp³-hybridized carbons (Fsp3) is 0.0952. The summed E-state index contributed by atoms with van der Waals surface area (Å²) >= 11 is 0.